The number of nitrogens with one attached hydrogen (secondary N) is 1. The van der Waals surface area contributed by atoms with E-state index in [4.69, 9.17) is 5.73 Å². The van der Waals surface area contributed by atoms with E-state index in [9.17, 15) is 13.2 Å². The van der Waals surface area contributed by atoms with Crippen molar-refractivity contribution in [1.82, 2.24) is 10.4 Å². The molecule has 0 saturated heterocycles. The number of hydrogen-bond donors (Lipinski definition) is 2. The second-order valence-electron chi connectivity index (χ2n) is 3.93. The molecule has 0 fully saturated rings. The fourth-order valence-electron chi connectivity index (χ4n) is 1.48. The first kappa shape index (κ1) is 14.0. The quantitative estimate of drug-likeness (QED) is 0.797. The molecule has 0 bridgehead atoms. The third-order valence-corrected chi connectivity index (χ3v) is 2.29. The van der Waals surface area contributed by atoms with Crippen molar-refractivity contribution >= 4 is 0 Å². The normalized spacial score (nSPS) is 14.1. The lowest BCUT2D eigenvalue weighted by Gasteiger charge is -2.22. The highest BCUT2D eigenvalue weighted by Crippen LogP contribution is 2.29. The van der Waals surface area contributed by atoms with Gasteiger partial charge in [-0.25, -0.2) is 10.4 Å². The Labute approximate surface area is 98.4 Å². The number of halogens is 3. The van der Waals surface area contributed by atoms with E-state index in [1.54, 1.807) is 19.1 Å². The van der Waals surface area contributed by atoms with E-state index in [0.29, 0.717) is 6.54 Å². The second-order valence-corrected chi connectivity index (χ2v) is 3.93. The van der Waals surface area contributed by atoms with Crippen LogP contribution < -0.4 is 11.2 Å². The van der Waals surface area contributed by atoms with Gasteiger partial charge in [-0.3, -0.25) is 0 Å². The third kappa shape index (κ3) is 3.99. The molecular formula is C11H16F3N3. The maximum atomic E-state index is 12.4. The van der Waals surface area contributed by atoms with Crippen molar-refractivity contribution in [1.29, 1.82) is 0 Å². The molecule has 0 aliphatic heterocycles. The summed E-state index contributed by atoms with van der Waals surface area (Å²) in [4.78, 5) is 0. The first-order chi connectivity index (χ1) is 7.84. The number of alkyl halides is 3. The van der Waals surface area contributed by atoms with Gasteiger partial charge < -0.3 is 5.73 Å². The van der Waals surface area contributed by atoms with Gasteiger partial charge in [0.05, 0.1) is 11.6 Å². The van der Waals surface area contributed by atoms with Crippen LogP contribution in [0.2, 0.25) is 0 Å². The summed E-state index contributed by atoms with van der Waals surface area (Å²) in [5.74, 6) is 0. The molecule has 1 aromatic carbocycles. The fraction of sp³-hybridized carbons (Fsp3) is 0.455. The van der Waals surface area contributed by atoms with Gasteiger partial charge in [-0.2, -0.15) is 13.2 Å². The highest BCUT2D eigenvalue weighted by molar-refractivity contribution is 5.26. The number of nitrogens with zero attached hydrogens (tertiary/aromatic N) is 1. The van der Waals surface area contributed by atoms with Crippen LogP contribution in [0, 0.1) is 0 Å². The summed E-state index contributed by atoms with van der Waals surface area (Å²) >= 11 is 0. The Kier molecular flexibility index (Phi) is 4.50. The van der Waals surface area contributed by atoms with Crippen LogP contribution in [0.4, 0.5) is 13.2 Å². The Morgan fingerprint density at radius 1 is 1.24 bits per heavy atom. The largest absolute Gasteiger partial charge is 0.416 e. The Morgan fingerprint density at radius 2 is 1.76 bits per heavy atom. The van der Waals surface area contributed by atoms with Gasteiger partial charge in [-0.1, -0.05) is 12.1 Å². The summed E-state index contributed by atoms with van der Waals surface area (Å²) < 4.78 is 37.1. The molecule has 0 heterocycles. The Balaban J connectivity index is 2.85. The summed E-state index contributed by atoms with van der Waals surface area (Å²) in [5.41, 5.74) is 8.68. The van der Waals surface area contributed by atoms with E-state index in [1.807, 2.05) is 0 Å². The van der Waals surface area contributed by atoms with Gasteiger partial charge in [-0.05, 0) is 17.7 Å². The van der Waals surface area contributed by atoms with Gasteiger partial charge in [0.15, 0.2) is 0 Å². The Bertz CT molecular complexity index is 346. The predicted octanol–water partition coefficient (Wildman–Crippen LogP) is 1.77. The highest BCUT2D eigenvalue weighted by Gasteiger charge is 2.30. The molecule has 0 aliphatic carbocycles. The molecule has 1 unspecified atom stereocenters. The van der Waals surface area contributed by atoms with E-state index >= 15 is 0 Å². The zero-order chi connectivity index (χ0) is 13.1. The van der Waals surface area contributed by atoms with E-state index in [0.717, 1.165) is 17.7 Å². The van der Waals surface area contributed by atoms with Gasteiger partial charge in [0.2, 0.25) is 0 Å². The van der Waals surface area contributed by atoms with E-state index in [-0.39, 0.29) is 6.04 Å². The number of nitrogens with two attached hydrogens (primary N) is 1. The van der Waals surface area contributed by atoms with E-state index in [2.05, 4.69) is 5.43 Å². The topological polar surface area (TPSA) is 41.3 Å². The lowest BCUT2D eigenvalue weighted by molar-refractivity contribution is -0.137. The molecule has 96 valence electrons. The molecule has 0 radical (unpaired) electrons. The summed E-state index contributed by atoms with van der Waals surface area (Å²) in [5, 5.41) is 1.72. The molecule has 0 amide bonds. The minimum atomic E-state index is -4.30. The number of hydrazine groups is 1. The van der Waals surface area contributed by atoms with Crippen LogP contribution in [-0.4, -0.2) is 25.6 Å². The van der Waals surface area contributed by atoms with E-state index < -0.39 is 11.7 Å². The maximum Gasteiger partial charge on any atom is 0.416 e. The van der Waals surface area contributed by atoms with Crippen molar-refractivity contribution in [2.45, 2.75) is 12.2 Å². The van der Waals surface area contributed by atoms with Crippen LogP contribution in [0.1, 0.15) is 17.2 Å². The average Bonchev–Trinajstić information content (AvgIpc) is 2.24. The maximum absolute atomic E-state index is 12.4. The minimum absolute atomic E-state index is 0.188. The standard InChI is InChI=1S/C11H16F3N3/c1-17(2)16-10(7-15)8-3-5-9(6-4-8)11(12,13)14/h3-6,10,16H,7,15H2,1-2H3. The fourth-order valence-corrected chi connectivity index (χ4v) is 1.48. The van der Waals surface area contributed by atoms with Crippen molar-refractivity contribution in [3.05, 3.63) is 35.4 Å². The molecule has 0 saturated carbocycles. The van der Waals surface area contributed by atoms with Crippen LogP contribution in [0.5, 0.6) is 0 Å². The third-order valence-electron chi connectivity index (χ3n) is 2.29. The smallest absolute Gasteiger partial charge is 0.329 e. The zero-order valence-corrected chi connectivity index (χ0v) is 9.75. The molecule has 3 N–H and O–H groups in total. The van der Waals surface area contributed by atoms with Crippen LogP contribution in [0.3, 0.4) is 0 Å². The molecule has 3 nitrogen and oxygen atoms in total. The summed E-state index contributed by atoms with van der Waals surface area (Å²) in [6.07, 6.45) is -4.30. The summed E-state index contributed by atoms with van der Waals surface area (Å²) in [7, 11) is 3.60. The second kappa shape index (κ2) is 5.48. The van der Waals surface area contributed by atoms with Gasteiger partial charge in [-0.15, -0.1) is 0 Å². The van der Waals surface area contributed by atoms with Crippen molar-refractivity contribution < 1.29 is 13.2 Å². The number of hydrogen-bond acceptors (Lipinski definition) is 3. The van der Waals surface area contributed by atoms with Crippen molar-refractivity contribution in [3.63, 3.8) is 0 Å². The van der Waals surface area contributed by atoms with Crippen LogP contribution in [-0.2, 0) is 6.18 Å². The molecule has 0 spiro atoms. The molecule has 1 rings (SSSR count). The molecule has 17 heavy (non-hydrogen) atoms. The van der Waals surface area contributed by atoms with Gasteiger partial charge >= 0.3 is 6.18 Å². The lowest BCUT2D eigenvalue weighted by Crippen LogP contribution is -2.38. The summed E-state index contributed by atoms with van der Waals surface area (Å²) in [6.45, 7) is 0.309. The van der Waals surface area contributed by atoms with Crippen molar-refractivity contribution in [2.75, 3.05) is 20.6 Å². The Hall–Kier alpha value is -1.11. The average molecular weight is 247 g/mol. The highest BCUT2D eigenvalue weighted by atomic mass is 19.4. The molecule has 1 atom stereocenters. The van der Waals surface area contributed by atoms with Crippen molar-refractivity contribution in [3.8, 4) is 0 Å². The van der Waals surface area contributed by atoms with Crippen LogP contribution >= 0.6 is 0 Å². The van der Waals surface area contributed by atoms with Crippen molar-refractivity contribution in [2.24, 2.45) is 5.73 Å². The predicted molar refractivity (Wildman–Crippen MR) is 60.1 cm³/mol. The van der Waals surface area contributed by atoms with Crippen LogP contribution in [0.15, 0.2) is 24.3 Å². The molecular weight excluding hydrogens is 231 g/mol. The number of rotatable bonds is 4. The SMILES string of the molecule is CN(C)NC(CN)c1ccc(C(F)(F)F)cc1. The zero-order valence-electron chi connectivity index (χ0n) is 9.75. The first-order valence-electron chi connectivity index (χ1n) is 5.15. The van der Waals surface area contributed by atoms with Crippen LogP contribution in [0.25, 0.3) is 0 Å². The minimum Gasteiger partial charge on any atom is -0.329 e. The molecule has 0 aliphatic rings. The monoisotopic (exact) mass is 247 g/mol. The number of benzene rings is 1. The van der Waals surface area contributed by atoms with Gasteiger partial charge in [0.25, 0.3) is 0 Å². The molecule has 1 aromatic rings. The summed E-state index contributed by atoms with van der Waals surface area (Å²) in [6, 6.07) is 4.82. The first-order valence-corrected chi connectivity index (χ1v) is 5.15. The molecule has 6 heteroatoms. The van der Waals surface area contributed by atoms with Gasteiger partial charge in [0.1, 0.15) is 0 Å². The van der Waals surface area contributed by atoms with E-state index in [1.165, 1.54) is 12.1 Å². The Morgan fingerprint density at radius 3 is 2.12 bits per heavy atom. The molecule has 0 aromatic heterocycles. The van der Waals surface area contributed by atoms with Gasteiger partial charge in [0, 0.05) is 20.6 Å². The lowest BCUT2D eigenvalue weighted by atomic mass is 10.1.